The van der Waals surface area contributed by atoms with Crippen molar-refractivity contribution in [2.45, 2.75) is 0 Å². The van der Waals surface area contributed by atoms with Crippen LogP contribution < -0.4 is 3.91 Å². The van der Waals surface area contributed by atoms with Gasteiger partial charge in [-0.2, -0.15) is 0 Å². The Morgan fingerprint density at radius 1 is 1.30 bits per heavy atom. The summed E-state index contributed by atoms with van der Waals surface area (Å²) in [6.45, 7) is 0. The Bertz CT molecular complexity index is 322. The van der Waals surface area contributed by atoms with Crippen LogP contribution >= 0.6 is 0 Å². The summed E-state index contributed by atoms with van der Waals surface area (Å²) in [6.07, 6.45) is 0. The van der Waals surface area contributed by atoms with Gasteiger partial charge in [0, 0.05) is 0 Å². The summed E-state index contributed by atoms with van der Waals surface area (Å²) in [7, 11) is 0. The van der Waals surface area contributed by atoms with Crippen molar-refractivity contribution < 1.29 is 4.42 Å². The van der Waals surface area contributed by atoms with Gasteiger partial charge in [-0.15, -0.1) is 0 Å². The van der Waals surface area contributed by atoms with E-state index in [1.807, 2.05) is 24.3 Å². The van der Waals surface area contributed by atoms with E-state index >= 15 is 0 Å². The standard InChI is InChI=1S/C7H4NO.Sn/c1-2-4-7-6(3-1)8-5-9-7;/h1-4H;/q;+3. The SMILES string of the molecule is [Sn+3][c]1nc2ccccc2o1. The summed E-state index contributed by atoms with van der Waals surface area (Å²) in [5.41, 5.74) is 1.84. The van der Waals surface area contributed by atoms with E-state index in [2.05, 4.69) is 4.98 Å². The molecule has 1 aromatic heterocycles. The zero-order valence-electron chi connectivity index (χ0n) is 5.16. The van der Waals surface area contributed by atoms with Gasteiger partial charge in [-0.25, -0.2) is 0 Å². The van der Waals surface area contributed by atoms with Crippen molar-refractivity contribution in [1.82, 2.24) is 4.98 Å². The van der Waals surface area contributed by atoms with Gasteiger partial charge in [-0.3, -0.25) is 0 Å². The van der Waals surface area contributed by atoms with E-state index in [4.69, 9.17) is 4.42 Å². The molecule has 0 aliphatic heterocycles. The molecular weight excluding hydrogens is 233 g/mol. The van der Waals surface area contributed by atoms with E-state index in [1.165, 1.54) is 22.5 Å². The molecule has 44 valence electrons. The molecule has 0 aliphatic rings. The molecule has 3 heteroatoms. The summed E-state index contributed by atoms with van der Waals surface area (Å²) >= 11 is 1.22. The summed E-state index contributed by atoms with van der Waals surface area (Å²) in [5.74, 6) is 0. The van der Waals surface area contributed by atoms with Crippen molar-refractivity contribution in [2.75, 3.05) is 0 Å². The molecule has 2 rings (SSSR count). The molecule has 1 aromatic carbocycles. The third-order valence-corrected chi connectivity index (χ3v) is 1.90. The van der Waals surface area contributed by atoms with E-state index in [0.717, 1.165) is 15.0 Å². The number of fused-ring (bicyclic) bond motifs is 1. The summed E-state index contributed by atoms with van der Waals surface area (Å²) in [4.78, 5) is 4.19. The molecule has 0 radical (unpaired) electrons. The minimum absolute atomic E-state index is 0.813. The monoisotopic (exact) mass is 238 g/mol. The second kappa shape index (κ2) is 2.27. The third kappa shape index (κ3) is 0.922. The molecule has 2 aromatic rings. The molecule has 10 heavy (non-hydrogen) atoms. The molecule has 0 N–H and O–H groups in total. The van der Waals surface area contributed by atoms with Gasteiger partial charge in [0.25, 0.3) is 0 Å². The zero-order valence-corrected chi connectivity index (χ0v) is 8.02. The number of hydrogen-bond acceptors (Lipinski definition) is 2. The molecule has 0 fully saturated rings. The number of hydrogen-bond donors (Lipinski definition) is 0. The quantitative estimate of drug-likeness (QED) is 0.627. The normalized spacial score (nSPS) is 10.6. The van der Waals surface area contributed by atoms with Crippen molar-refractivity contribution >= 4 is 37.5 Å². The molecule has 0 saturated carbocycles. The van der Waals surface area contributed by atoms with Crippen LogP contribution in [0.25, 0.3) is 11.1 Å². The van der Waals surface area contributed by atoms with Gasteiger partial charge in [-0.05, 0) is 0 Å². The Kier molecular flexibility index (Phi) is 1.41. The topological polar surface area (TPSA) is 26.0 Å². The van der Waals surface area contributed by atoms with Gasteiger partial charge in [0.1, 0.15) is 0 Å². The maximum atomic E-state index is 5.30. The van der Waals surface area contributed by atoms with Gasteiger partial charge >= 0.3 is 71.2 Å². The Morgan fingerprint density at radius 2 is 2.10 bits per heavy atom. The van der Waals surface area contributed by atoms with Crippen LogP contribution in [0.15, 0.2) is 28.7 Å². The predicted octanol–water partition coefficient (Wildman–Crippen LogP) is 0.622. The number of nitrogens with zero attached hydrogens (tertiary/aromatic N) is 1. The average molecular weight is 237 g/mol. The van der Waals surface area contributed by atoms with Crippen molar-refractivity contribution in [1.29, 1.82) is 0 Å². The first-order valence-electron chi connectivity index (χ1n) is 2.93. The molecule has 0 aliphatic carbocycles. The molecule has 0 unspecified atom stereocenters. The zero-order chi connectivity index (χ0) is 6.97. The maximum absolute atomic E-state index is 5.30. The molecule has 0 saturated heterocycles. The van der Waals surface area contributed by atoms with Gasteiger partial charge in [0.2, 0.25) is 0 Å². The Morgan fingerprint density at radius 3 is 2.90 bits per heavy atom. The van der Waals surface area contributed by atoms with Crippen LogP contribution in [0, 0.1) is 0 Å². The minimum atomic E-state index is 0.813. The number of oxazole rings is 1. The van der Waals surface area contributed by atoms with Gasteiger partial charge in [0.15, 0.2) is 0 Å². The van der Waals surface area contributed by atoms with Crippen LogP contribution in [-0.4, -0.2) is 27.5 Å². The van der Waals surface area contributed by atoms with Crippen LogP contribution in [0.4, 0.5) is 0 Å². The van der Waals surface area contributed by atoms with Crippen molar-refractivity contribution in [3.8, 4) is 0 Å². The van der Waals surface area contributed by atoms with Crippen LogP contribution in [0.2, 0.25) is 0 Å². The summed E-state index contributed by atoms with van der Waals surface area (Å²) < 4.78 is 6.11. The van der Waals surface area contributed by atoms with Crippen LogP contribution in [0.1, 0.15) is 0 Å². The average Bonchev–Trinajstić information content (AvgIpc) is 2.27. The Balaban J connectivity index is 2.88. The van der Waals surface area contributed by atoms with Crippen LogP contribution in [0.3, 0.4) is 0 Å². The van der Waals surface area contributed by atoms with Crippen molar-refractivity contribution in [2.24, 2.45) is 0 Å². The van der Waals surface area contributed by atoms with E-state index < -0.39 is 0 Å². The van der Waals surface area contributed by atoms with E-state index in [-0.39, 0.29) is 0 Å². The van der Waals surface area contributed by atoms with Gasteiger partial charge in [-0.1, -0.05) is 0 Å². The summed E-state index contributed by atoms with van der Waals surface area (Å²) in [5, 5.41) is 0. The molecule has 0 amide bonds. The van der Waals surface area contributed by atoms with Gasteiger partial charge < -0.3 is 0 Å². The van der Waals surface area contributed by atoms with Crippen molar-refractivity contribution in [3.05, 3.63) is 24.3 Å². The molecular formula is C7H4NOSn+3. The fourth-order valence-electron chi connectivity index (χ4n) is 0.872. The van der Waals surface area contributed by atoms with Crippen LogP contribution in [0.5, 0.6) is 0 Å². The van der Waals surface area contributed by atoms with Gasteiger partial charge in [0.05, 0.1) is 0 Å². The number of benzene rings is 1. The molecule has 0 atom stereocenters. The third-order valence-electron chi connectivity index (χ3n) is 1.29. The molecule has 1 heterocycles. The fraction of sp³-hybridized carbons (Fsp3) is 0. The Hall–Kier alpha value is -0.511. The van der Waals surface area contributed by atoms with Crippen LogP contribution in [-0.2, 0) is 0 Å². The van der Waals surface area contributed by atoms with Crippen molar-refractivity contribution in [3.63, 3.8) is 0 Å². The summed E-state index contributed by atoms with van der Waals surface area (Å²) in [6, 6.07) is 7.78. The molecule has 2 nitrogen and oxygen atoms in total. The first-order chi connectivity index (χ1) is 4.86. The Labute approximate surface area is 71.3 Å². The first kappa shape index (κ1) is 6.22. The fourth-order valence-corrected chi connectivity index (χ4v) is 1.53. The second-order valence-corrected chi connectivity index (χ2v) is 3.21. The second-order valence-electron chi connectivity index (χ2n) is 1.99. The first-order valence-corrected chi connectivity index (χ1v) is 4.36. The molecule has 0 spiro atoms. The number of para-hydroxylation sites is 2. The predicted molar refractivity (Wildman–Crippen MR) is 39.4 cm³/mol. The molecule has 0 bridgehead atoms. The van der Waals surface area contributed by atoms with E-state index in [0.29, 0.717) is 0 Å². The number of aromatic nitrogens is 1. The van der Waals surface area contributed by atoms with E-state index in [9.17, 15) is 0 Å². The number of rotatable bonds is 0. The van der Waals surface area contributed by atoms with E-state index in [1.54, 1.807) is 0 Å².